The van der Waals surface area contributed by atoms with Crippen LogP contribution in [0.2, 0.25) is 0 Å². The summed E-state index contributed by atoms with van der Waals surface area (Å²) < 4.78 is 0. The Labute approximate surface area is 524 Å². The van der Waals surface area contributed by atoms with Crippen molar-refractivity contribution in [1.29, 1.82) is 0 Å². The van der Waals surface area contributed by atoms with Gasteiger partial charge in [0.05, 0.1) is 0 Å². The van der Waals surface area contributed by atoms with Crippen LogP contribution in [0.5, 0.6) is 46.0 Å². The molecule has 8 N–H and O–H groups in total. The molecule has 88 heavy (non-hydrogen) atoms. The standard InChI is InChI=1S/C42H52O4.C38H44O4/c1-24-14-30(15-25(2)37(24)43)20-32-22-35(18-28(5)39(32)45)41(7,8)34-10-12-42(9,13-11-34)36-19-29(6)40(46)33(23-36)21-31-16-26(3)38(44)27(4)17-31;1-22-12-28(13-23(2)34(22)39)18-30-20-32(16-26(5)36(30)41)38(10-8-7-9-11-38)33-17-27(6)37(42)31(21-33)19-29-14-24(3)35(40)25(4)15-29/h14-19,22-23,34,43-46H,10-13,20-21H2,1-9H3;12-17,20-21,39-42H,7-11,18-19H2,1-6H3. The predicted octanol–water partition coefficient (Wildman–Crippen LogP) is 18.8. The highest BCUT2D eigenvalue weighted by Gasteiger charge is 2.41. The summed E-state index contributed by atoms with van der Waals surface area (Å²) in [6, 6.07) is 33.5. The van der Waals surface area contributed by atoms with Crippen molar-refractivity contribution < 1.29 is 40.9 Å². The molecule has 10 rings (SSSR count). The second kappa shape index (κ2) is 25.3. The van der Waals surface area contributed by atoms with E-state index in [0.29, 0.717) is 77.6 Å². The van der Waals surface area contributed by atoms with Gasteiger partial charge in [0.25, 0.3) is 0 Å². The monoisotopic (exact) mass is 1180 g/mol. The molecule has 8 nitrogen and oxygen atoms in total. The Morgan fingerprint density at radius 1 is 0.318 bits per heavy atom. The molecule has 8 aromatic carbocycles. The number of rotatable bonds is 13. The van der Waals surface area contributed by atoms with Crippen LogP contribution in [0.15, 0.2) is 97.1 Å². The molecule has 2 fully saturated rings. The number of phenolic OH excluding ortho intramolecular Hbond substituents is 8. The normalized spacial score (nSPS) is 16.7. The zero-order valence-electron chi connectivity index (χ0n) is 55.1. The summed E-state index contributed by atoms with van der Waals surface area (Å²) in [7, 11) is 0. The Kier molecular flexibility index (Phi) is 18.6. The maximum absolute atomic E-state index is 11.2. The number of hydrogen-bond donors (Lipinski definition) is 8. The second-order valence-electron chi connectivity index (χ2n) is 27.9. The molecule has 0 amide bonds. The average Bonchev–Trinajstić information content (AvgIpc) is 0.828. The first kappa shape index (κ1) is 64.6. The SMILES string of the molecule is Cc1cc(Cc2cc(C3(C)CCC(C(C)(C)c4cc(C)c(O)c(Cc5cc(C)c(O)c(C)c5)c4)CC3)cc(C)c2O)cc(C)c1O.Cc1cc(Cc2cc(C3(c4cc(C)c(O)c(Cc5cc(C)c(O)c(C)c5)c4)CCCCC3)cc(C)c2O)cc(C)c1O. The topological polar surface area (TPSA) is 162 Å². The van der Waals surface area contributed by atoms with Gasteiger partial charge in [-0.15, -0.1) is 0 Å². The average molecular weight is 1190 g/mol. The summed E-state index contributed by atoms with van der Waals surface area (Å²) in [4.78, 5) is 0. The van der Waals surface area contributed by atoms with E-state index >= 15 is 0 Å². The lowest BCUT2D eigenvalue weighted by molar-refractivity contribution is 0.178. The van der Waals surface area contributed by atoms with Gasteiger partial charge in [-0.25, -0.2) is 0 Å². The molecule has 0 unspecified atom stereocenters. The highest BCUT2D eigenvalue weighted by Crippen LogP contribution is 2.51. The minimum Gasteiger partial charge on any atom is -0.507 e. The van der Waals surface area contributed by atoms with Gasteiger partial charge in [0, 0.05) is 31.1 Å². The van der Waals surface area contributed by atoms with E-state index in [-0.39, 0.29) is 16.2 Å². The molecule has 0 saturated heterocycles. The largest absolute Gasteiger partial charge is 0.507 e. The van der Waals surface area contributed by atoms with Crippen molar-refractivity contribution in [3.8, 4) is 46.0 Å². The highest BCUT2D eigenvalue weighted by atomic mass is 16.3. The zero-order chi connectivity index (χ0) is 64.1. The molecule has 0 aliphatic heterocycles. The molecule has 8 aromatic rings. The summed E-state index contributed by atoms with van der Waals surface area (Å²) in [5.41, 5.74) is 23.0. The number of phenols is 8. The first-order chi connectivity index (χ1) is 41.4. The van der Waals surface area contributed by atoms with Crippen LogP contribution in [0.4, 0.5) is 0 Å². The van der Waals surface area contributed by atoms with Crippen LogP contribution in [0.1, 0.15) is 212 Å². The fraction of sp³-hybridized carbons (Fsp3) is 0.400. The van der Waals surface area contributed by atoms with E-state index in [9.17, 15) is 40.9 Å². The molecule has 464 valence electrons. The maximum atomic E-state index is 11.2. The van der Waals surface area contributed by atoms with Crippen LogP contribution in [0, 0.1) is 89.0 Å². The molecule has 2 saturated carbocycles. The first-order valence-corrected chi connectivity index (χ1v) is 31.9. The summed E-state index contributed by atoms with van der Waals surface area (Å²) in [5, 5.41) is 85.6. The Bertz CT molecular complexity index is 3750. The first-order valence-electron chi connectivity index (χ1n) is 31.9. The molecule has 0 aromatic heterocycles. The minimum absolute atomic E-state index is 0.0190. The van der Waals surface area contributed by atoms with Crippen molar-refractivity contribution in [2.24, 2.45) is 5.92 Å². The van der Waals surface area contributed by atoms with Gasteiger partial charge in [-0.05, 0) is 272 Å². The third-order valence-electron chi connectivity index (χ3n) is 20.7. The van der Waals surface area contributed by atoms with E-state index in [4.69, 9.17) is 0 Å². The maximum Gasteiger partial charge on any atom is 0.122 e. The van der Waals surface area contributed by atoms with Crippen LogP contribution >= 0.6 is 0 Å². The van der Waals surface area contributed by atoms with Gasteiger partial charge in [0.15, 0.2) is 0 Å². The van der Waals surface area contributed by atoms with Crippen LogP contribution in [-0.2, 0) is 41.9 Å². The van der Waals surface area contributed by atoms with Gasteiger partial charge < -0.3 is 40.9 Å². The molecular weight excluding hydrogens is 1090 g/mol. The van der Waals surface area contributed by atoms with E-state index in [1.807, 2.05) is 132 Å². The number of aromatic hydroxyl groups is 8. The summed E-state index contributed by atoms with van der Waals surface area (Å²) in [6.45, 7) is 30.4. The lowest BCUT2D eigenvalue weighted by Crippen LogP contribution is -2.37. The minimum atomic E-state index is -0.222. The smallest absolute Gasteiger partial charge is 0.122 e. The highest BCUT2D eigenvalue weighted by molar-refractivity contribution is 5.57. The van der Waals surface area contributed by atoms with E-state index in [2.05, 4.69) is 69.3 Å². The van der Waals surface area contributed by atoms with Crippen LogP contribution in [0.3, 0.4) is 0 Å². The van der Waals surface area contributed by atoms with E-state index < -0.39 is 0 Å². The van der Waals surface area contributed by atoms with Crippen LogP contribution in [-0.4, -0.2) is 40.9 Å². The molecule has 0 heterocycles. The second-order valence-corrected chi connectivity index (χ2v) is 27.9. The molecule has 2 aliphatic rings. The quantitative estimate of drug-likeness (QED) is 0.0566. The van der Waals surface area contributed by atoms with Gasteiger partial charge in [-0.2, -0.15) is 0 Å². The molecule has 0 atom stereocenters. The van der Waals surface area contributed by atoms with Crippen molar-refractivity contribution in [3.63, 3.8) is 0 Å². The summed E-state index contributed by atoms with van der Waals surface area (Å²) >= 11 is 0. The predicted molar refractivity (Wildman–Crippen MR) is 359 cm³/mol. The van der Waals surface area contributed by atoms with Crippen molar-refractivity contribution in [1.82, 2.24) is 0 Å². The van der Waals surface area contributed by atoms with Gasteiger partial charge >= 0.3 is 0 Å². The van der Waals surface area contributed by atoms with Crippen LogP contribution in [0.25, 0.3) is 0 Å². The van der Waals surface area contributed by atoms with Crippen molar-refractivity contribution in [2.45, 2.75) is 204 Å². The van der Waals surface area contributed by atoms with Gasteiger partial charge in [0.1, 0.15) is 46.0 Å². The third-order valence-corrected chi connectivity index (χ3v) is 20.7. The summed E-state index contributed by atoms with van der Waals surface area (Å²) in [6.07, 6.45) is 12.2. The molecule has 0 spiro atoms. The fourth-order valence-electron chi connectivity index (χ4n) is 15.1. The summed E-state index contributed by atoms with van der Waals surface area (Å²) in [5.74, 6) is 3.20. The fourth-order valence-corrected chi connectivity index (χ4v) is 15.1. The van der Waals surface area contributed by atoms with Crippen LogP contribution < -0.4 is 0 Å². The lowest BCUT2D eigenvalue weighted by atomic mass is 9.60. The Hall–Kier alpha value is -7.84. The van der Waals surface area contributed by atoms with Crippen molar-refractivity contribution in [2.75, 3.05) is 0 Å². The van der Waals surface area contributed by atoms with Gasteiger partial charge in [-0.3, -0.25) is 0 Å². The molecular formula is C80H96O8. The third kappa shape index (κ3) is 13.1. The number of aryl methyl sites for hydroxylation is 12. The number of hydrogen-bond acceptors (Lipinski definition) is 8. The lowest BCUT2D eigenvalue weighted by Gasteiger charge is -2.44. The number of benzene rings is 8. The van der Waals surface area contributed by atoms with Crippen molar-refractivity contribution >= 4 is 0 Å². The molecule has 0 bridgehead atoms. The Morgan fingerprint density at radius 3 is 0.898 bits per heavy atom. The molecule has 0 radical (unpaired) electrons. The Balaban J connectivity index is 0.000000210. The van der Waals surface area contributed by atoms with Crippen molar-refractivity contribution in [3.05, 3.63) is 231 Å². The van der Waals surface area contributed by atoms with Gasteiger partial charge in [0.2, 0.25) is 0 Å². The van der Waals surface area contributed by atoms with E-state index in [1.54, 1.807) is 0 Å². The van der Waals surface area contributed by atoms with E-state index in [1.165, 1.54) is 28.7 Å². The molecule has 8 heteroatoms. The van der Waals surface area contributed by atoms with Gasteiger partial charge in [-0.1, -0.05) is 137 Å². The zero-order valence-corrected chi connectivity index (χ0v) is 55.1. The molecule has 2 aliphatic carbocycles. The van der Waals surface area contributed by atoms with E-state index in [0.717, 1.165) is 163 Å². The Morgan fingerprint density at radius 2 is 0.580 bits per heavy atom.